The molecule has 0 fully saturated rings. The number of aryl methyl sites for hydroxylation is 1. The Hall–Kier alpha value is -3.66. The average Bonchev–Trinajstić information content (AvgIpc) is 3.26. The lowest BCUT2D eigenvalue weighted by molar-refractivity contribution is 0.0951. The fraction of sp³-hybridized carbons (Fsp3) is 0.120. The summed E-state index contributed by atoms with van der Waals surface area (Å²) in [5.41, 5.74) is 6.31. The van der Waals surface area contributed by atoms with Gasteiger partial charge >= 0.3 is 0 Å². The molecule has 3 aromatic carbocycles. The lowest BCUT2D eigenvalue weighted by Crippen LogP contribution is -2.23. The monoisotopic (exact) mass is 381 g/mol. The Morgan fingerprint density at radius 3 is 2.55 bits per heavy atom. The summed E-state index contributed by atoms with van der Waals surface area (Å²) in [7, 11) is 0. The largest absolute Gasteiger partial charge is 0.348 e. The second kappa shape index (κ2) is 8.57. The molecule has 0 aliphatic heterocycles. The summed E-state index contributed by atoms with van der Waals surface area (Å²) in [6.45, 7) is 3.22. The number of amides is 1. The molecule has 4 heteroatoms. The van der Waals surface area contributed by atoms with Crippen LogP contribution in [0.25, 0.3) is 11.1 Å². The van der Waals surface area contributed by atoms with Crippen molar-refractivity contribution in [3.8, 4) is 11.1 Å². The molecule has 0 atom stereocenters. The van der Waals surface area contributed by atoms with Crippen molar-refractivity contribution in [2.24, 2.45) is 0 Å². The first-order chi connectivity index (χ1) is 14.2. The summed E-state index contributed by atoms with van der Waals surface area (Å²) in [4.78, 5) is 12.5. The normalized spacial score (nSPS) is 10.7. The van der Waals surface area contributed by atoms with Gasteiger partial charge in [-0.15, -0.1) is 0 Å². The van der Waals surface area contributed by atoms with Crippen molar-refractivity contribution in [3.63, 3.8) is 0 Å². The first-order valence-electron chi connectivity index (χ1n) is 9.68. The van der Waals surface area contributed by atoms with E-state index in [1.54, 1.807) is 6.20 Å². The number of hydrogen-bond donors (Lipinski definition) is 1. The molecule has 29 heavy (non-hydrogen) atoms. The van der Waals surface area contributed by atoms with E-state index in [1.807, 2.05) is 60.3 Å². The van der Waals surface area contributed by atoms with Crippen LogP contribution in [-0.4, -0.2) is 15.7 Å². The van der Waals surface area contributed by atoms with Crippen molar-refractivity contribution < 1.29 is 4.79 Å². The van der Waals surface area contributed by atoms with Crippen LogP contribution in [0.2, 0.25) is 0 Å². The van der Waals surface area contributed by atoms with Crippen LogP contribution in [-0.2, 0) is 13.1 Å². The van der Waals surface area contributed by atoms with Gasteiger partial charge in [-0.2, -0.15) is 5.10 Å². The molecular weight excluding hydrogens is 358 g/mol. The van der Waals surface area contributed by atoms with Crippen molar-refractivity contribution in [1.82, 2.24) is 15.1 Å². The molecule has 0 aliphatic carbocycles. The van der Waals surface area contributed by atoms with Gasteiger partial charge in [0.05, 0.1) is 6.54 Å². The first kappa shape index (κ1) is 18.7. The van der Waals surface area contributed by atoms with Gasteiger partial charge in [0, 0.05) is 24.5 Å². The minimum Gasteiger partial charge on any atom is -0.348 e. The quantitative estimate of drug-likeness (QED) is 0.520. The zero-order chi connectivity index (χ0) is 20.1. The SMILES string of the molecule is Cc1cccc(C(=O)NCc2ccccc2-c2ccc(Cn3cccn3)cc2)c1. The van der Waals surface area contributed by atoms with E-state index in [2.05, 4.69) is 46.8 Å². The third-order valence-electron chi connectivity index (χ3n) is 4.91. The van der Waals surface area contributed by atoms with Gasteiger partial charge in [-0.1, -0.05) is 66.2 Å². The third kappa shape index (κ3) is 4.61. The molecule has 0 saturated heterocycles. The van der Waals surface area contributed by atoms with Gasteiger partial charge in [0.15, 0.2) is 0 Å². The topological polar surface area (TPSA) is 46.9 Å². The van der Waals surface area contributed by atoms with Crippen LogP contribution in [0.15, 0.2) is 91.3 Å². The number of benzene rings is 3. The zero-order valence-electron chi connectivity index (χ0n) is 16.4. The number of nitrogens with zero attached hydrogens (tertiary/aromatic N) is 2. The molecule has 1 heterocycles. The molecule has 0 bridgehead atoms. The van der Waals surface area contributed by atoms with E-state index >= 15 is 0 Å². The van der Waals surface area contributed by atoms with Crippen molar-refractivity contribution in [1.29, 1.82) is 0 Å². The number of carbonyl (C=O) groups excluding carboxylic acids is 1. The lowest BCUT2D eigenvalue weighted by Gasteiger charge is -2.12. The predicted molar refractivity (Wildman–Crippen MR) is 116 cm³/mol. The molecular formula is C25H23N3O. The van der Waals surface area contributed by atoms with E-state index in [0.29, 0.717) is 12.1 Å². The number of nitrogens with one attached hydrogen (secondary N) is 1. The van der Waals surface area contributed by atoms with Crippen LogP contribution in [0.1, 0.15) is 27.0 Å². The summed E-state index contributed by atoms with van der Waals surface area (Å²) in [5.74, 6) is -0.0573. The smallest absolute Gasteiger partial charge is 0.251 e. The molecule has 1 aromatic heterocycles. The molecule has 4 aromatic rings. The van der Waals surface area contributed by atoms with Gasteiger partial charge in [0.2, 0.25) is 0 Å². The van der Waals surface area contributed by atoms with Gasteiger partial charge in [-0.05, 0) is 47.4 Å². The zero-order valence-corrected chi connectivity index (χ0v) is 16.4. The van der Waals surface area contributed by atoms with Crippen LogP contribution >= 0.6 is 0 Å². The summed E-state index contributed by atoms with van der Waals surface area (Å²) >= 11 is 0. The number of carbonyl (C=O) groups is 1. The Kier molecular flexibility index (Phi) is 5.52. The fourth-order valence-corrected chi connectivity index (χ4v) is 3.39. The maximum Gasteiger partial charge on any atom is 0.251 e. The summed E-state index contributed by atoms with van der Waals surface area (Å²) in [6, 6.07) is 26.2. The molecule has 0 saturated carbocycles. The van der Waals surface area contributed by atoms with Crippen molar-refractivity contribution >= 4 is 5.91 Å². The summed E-state index contributed by atoms with van der Waals surface area (Å²) in [6.07, 6.45) is 3.75. The van der Waals surface area contributed by atoms with Gasteiger partial charge in [0.25, 0.3) is 5.91 Å². The van der Waals surface area contributed by atoms with Crippen molar-refractivity contribution in [2.45, 2.75) is 20.0 Å². The Morgan fingerprint density at radius 2 is 1.79 bits per heavy atom. The Morgan fingerprint density at radius 1 is 0.966 bits per heavy atom. The van der Waals surface area contributed by atoms with E-state index in [9.17, 15) is 4.79 Å². The second-order valence-corrected chi connectivity index (χ2v) is 7.11. The number of aromatic nitrogens is 2. The Balaban J connectivity index is 1.48. The van der Waals surface area contributed by atoms with E-state index < -0.39 is 0 Å². The van der Waals surface area contributed by atoms with Gasteiger partial charge in [-0.25, -0.2) is 0 Å². The average molecular weight is 381 g/mol. The molecule has 0 aliphatic rings. The minimum atomic E-state index is -0.0573. The van der Waals surface area contributed by atoms with Gasteiger partial charge in [-0.3, -0.25) is 9.48 Å². The molecule has 4 rings (SSSR count). The Labute approximate surface area is 170 Å². The van der Waals surface area contributed by atoms with Gasteiger partial charge < -0.3 is 5.32 Å². The predicted octanol–water partition coefficient (Wildman–Crippen LogP) is 4.84. The maximum absolute atomic E-state index is 12.5. The highest BCUT2D eigenvalue weighted by atomic mass is 16.1. The van der Waals surface area contributed by atoms with Crippen LogP contribution in [0.4, 0.5) is 0 Å². The van der Waals surface area contributed by atoms with Crippen LogP contribution in [0.3, 0.4) is 0 Å². The van der Waals surface area contributed by atoms with Crippen molar-refractivity contribution in [3.05, 3.63) is 114 Å². The van der Waals surface area contributed by atoms with Crippen LogP contribution < -0.4 is 5.32 Å². The standard InChI is InChI=1S/C25H23N3O/c1-19-6-4-8-22(16-19)25(29)26-17-23-7-2-3-9-24(23)21-12-10-20(11-13-21)18-28-15-5-14-27-28/h2-16H,17-18H2,1H3,(H,26,29). The van der Waals surface area contributed by atoms with E-state index in [1.165, 1.54) is 5.56 Å². The molecule has 1 amide bonds. The molecule has 0 spiro atoms. The van der Waals surface area contributed by atoms with Gasteiger partial charge in [0.1, 0.15) is 0 Å². The third-order valence-corrected chi connectivity index (χ3v) is 4.91. The summed E-state index contributed by atoms with van der Waals surface area (Å²) in [5, 5.41) is 7.30. The highest BCUT2D eigenvalue weighted by molar-refractivity contribution is 5.94. The Bertz CT molecular complexity index is 1100. The summed E-state index contributed by atoms with van der Waals surface area (Å²) < 4.78 is 1.91. The number of hydrogen-bond acceptors (Lipinski definition) is 2. The van der Waals surface area contributed by atoms with E-state index in [-0.39, 0.29) is 5.91 Å². The number of rotatable bonds is 6. The first-order valence-corrected chi connectivity index (χ1v) is 9.68. The highest BCUT2D eigenvalue weighted by Gasteiger charge is 2.09. The molecule has 1 N–H and O–H groups in total. The molecule has 0 radical (unpaired) electrons. The van der Waals surface area contributed by atoms with E-state index in [4.69, 9.17) is 0 Å². The molecule has 144 valence electrons. The molecule has 0 unspecified atom stereocenters. The minimum absolute atomic E-state index is 0.0573. The van der Waals surface area contributed by atoms with Crippen LogP contribution in [0, 0.1) is 6.92 Å². The molecule has 4 nitrogen and oxygen atoms in total. The van der Waals surface area contributed by atoms with Crippen LogP contribution in [0.5, 0.6) is 0 Å². The lowest BCUT2D eigenvalue weighted by atomic mass is 9.98. The fourth-order valence-electron chi connectivity index (χ4n) is 3.39. The highest BCUT2D eigenvalue weighted by Crippen LogP contribution is 2.24. The van der Waals surface area contributed by atoms with Crippen molar-refractivity contribution in [2.75, 3.05) is 0 Å². The van der Waals surface area contributed by atoms with E-state index in [0.717, 1.165) is 28.8 Å². The maximum atomic E-state index is 12.5. The second-order valence-electron chi connectivity index (χ2n) is 7.11.